The SMILES string of the molecule is CC1(C)CCC(C)(C)c2cc(N(c3ccc4c(c3)C(C)(C)CCC4(C)C)c3ccc(-c4ccccc4)c4c3-c3ccccc3C43C4CC5CC(C4)CC3C5)ccc21. The molecule has 0 N–H and O–H groups in total. The van der Waals surface area contributed by atoms with Crippen molar-refractivity contribution in [2.75, 3.05) is 4.90 Å². The Morgan fingerprint density at radius 2 is 0.930 bits per heavy atom. The molecule has 57 heavy (non-hydrogen) atoms. The average molecular weight is 750 g/mol. The van der Waals surface area contributed by atoms with E-state index in [4.69, 9.17) is 0 Å². The normalized spacial score (nSPS) is 28.7. The summed E-state index contributed by atoms with van der Waals surface area (Å²) < 4.78 is 0. The van der Waals surface area contributed by atoms with E-state index in [1.54, 1.807) is 11.1 Å². The molecule has 1 heteroatoms. The standard InChI is InChI=1S/C56H63N/c1-52(2)24-26-54(5,6)47-33-40(18-21-45(47)52)57(41-19-22-46-48(34-41)55(7,8)27-25-53(46,3)4)49-23-20-42(37-14-10-9-11-15-37)51-50(49)43-16-12-13-17-44(43)56(51)38-29-35-28-36(31-38)32-39(56)30-35/h9-23,33-36,38-39H,24-32H2,1-8H3. The van der Waals surface area contributed by atoms with Gasteiger partial charge in [-0.2, -0.15) is 0 Å². The molecule has 4 fully saturated rings. The second kappa shape index (κ2) is 12.0. The van der Waals surface area contributed by atoms with Crippen LogP contribution >= 0.6 is 0 Å². The van der Waals surface area contributed by atoms with Crippen LogP contribution in [0, 0.1) is 23.7 Å². The van der Waals surface area contributed by atoms with E-state index in [1.165, 1.54) is 119 Å². The first kappa shape index (κ1) is 36.0. The van der Waals surface area contributed by atoms with E-state index in [9.17, 15) is 0 Å². The zero-order valence-corrected chi connectivity index (χ0v) is 35.9. The summed E-state index contributed by atoms with van der Waals surface area (Å²) in [6, 6.07) is 41.5. The Bertz CT molecular complexity index is 2330. The van der Waals surface area contributed by atoms with Crippen molar-refractivity contribution >= 4 is 17.1 Å². The molecule has 12 rings (SSSR count). The van der Waals surface area contributed by atoms with Crippen LogP contribution in [-0.2, 0) is 27.1 Å². The highest BCUT2D eigenvalue weighted by atomic mass is 15.1. The lowest BCUT2D eigenvalue weighted by atomic mass is 9.42. The maximum absolute atomic E-state index is 2.72. The number of hydrogen-bond donors (Lipinski definition) is 0. The minimum Gasteiger partial charge on any atom is -0.310 e. The molecule has 7 aliphatic carbocycles. The quantitative estimate of drug-likeness (QED) is 0.177. The van der Waals surface area contributed by atoms with Gasteiger partial charge in [0.15, 0.2) is 0 Å². The minimum atomic E-state index is 0.0515. The number of hydrogen-bond acceptors (Lipinski definition) is 1. The molecule has 0 unspecified atom stereocenters. The van der Waals surface area contributed by atoms with E-state index in [2.05, 4.69) is 163 Å². The van der Waals surface area contributed by atoms with Crippen LogP contribution in [0.3, 0.4) is 0 Å². The Kier molecular flexibility index (Phi) is 7.58. The van der Waals surface area contributed by atoms with Crippen LogP contribution in [0.4, 0.5) is 17.1 Å². The highest BCUT2D eigenvalue weighted by Crippen LogP contribution is 2.72. The molecule has 7 aliphatic rings. The number of fused-ring (bicyclic) bond motifs is 5. The summed E-state index contributed by atoms with van der Waals surface area (Å²) in [5.41, 5.74) is 19.7. The first-order valence-electron chi connectivity index (χ1n) is 22.6. The van der Waals surface area contributed by atoms with Gasteiger partial charge < -0.3 is 4.90 Å². The lowest BCUT2D eigenvalue weighted by molar-refractivity contribution is -0.0397. The molecule has 0 aliphatic heterocycles. The van der Waals surface area contributed by atoms with Gasteiger partial charge in [-0.25, -0.2) is 0 Å². The Hall–Kier alpha value is -4.10. The lowest BCUT2D eigenvalue weighted by Gasteiger charge is -2.61. The number of anilines is 3. The fraction of sp³-hybridized carbons (Fsp3) is 0.464. The molecule has 0 saturated heterocycles. The van der Waals surface area contributed by atoms with Crippen LogP contribution in [0.1, 0.15) is 147 Å². The van der Waals surface area contributed by atoms with E-state index >= 15 is 0 Å². The largest absolute Gasteiger partial charge is 0.310 e. The van der Waals surface area contributed by atoms with E-state index in [-0.39, 0.29) is 27.1 Å². The summed E-state index contributed by atoms with van der Waals surface area (Å²) in [5.74, 6) is 3.20. The van der Waals surface area contributed by atoms with Crippen molar-refractivity contribution in [3.05, 3.63) is 137 Å². The summed E-state index contributed by atoms with van der Waals surface area (Å²) in [4.78, 5) is 2.72. The van der Waals surface area contributed by atoms with Gasteiger partial charge in [0.25, 0.3) is 0 Å². The fourth-order valence-corrected chi connectivity index (χ4v) is 14.2. The monoisotopic (exact) mass is 749 g/mol. The molecule has 5 aromatic rings. The van der Waals surface area contributed by atoms with Gasteiger partial charge in [-0.15, -0.1) is 0 Å². The Morgan fingerprint density at radius 1 is 0.439 bits per heavy atom. The summed E-state index contributed by atoms with van der Waals surface area (Å²) in [7, 11) is 0. The summed E-state index contributed by atoms with van der Waals surface area (Å²) in [6.45, 7) is 19.8. The Morgan fingerprint density at radius 3 is 1.47 bits per heavy atom. The molecular weight excluding hydrogens is 687 g/mol. The van der Waals surface area contributed by atoms with Crippen LogP contribution in [0.2, 0.25) is 0 Å². The highest BCUT2D eigenvalue weighted by molar-refractivity contribution is 5.99. The highest BCUT2D eigenvalue weighted by Gasteiger charge is 2.62. The maximum Gasteiger partial charge on any atom is 0.0543 e. The molecule has 0 radical (unpaired) electrons. The second-order valence-corrected chi connectivity index (χ2v) is 22.3. The first-order valence-corrected chi connectivity index (χ1v) is 22.6. The van der Waals surface area contributed by atoms with Crippen molar-refractivity contribution in [1.82, 2.24) is 0 Å². The summed E-state index contributed by atoms with van der Waals surface area (Å²) >= 11 is 0. The zero-order chi connectivity index (χ0) is 39.3. The minimum absolute atomic E-state index is 0.0515. The summed E-state index contributed by atoms with van der Waals surface area (Å²) in [5, 5.41) is 0. The van der Waals surface area contributed by atoms with E-state index in [0.717, 1.165) is 11.8 Å². The van der Waals surface area contributed by atoms with E-state index in [1.807, 2.05) is 0 Å². The maximum atomic E-state index is 2.72. The first-order chi connectivity index (χ1) is 27.2. The van der Waals surface area contributed by atoms with Crippen LogP contribution in [0.5, 0.6) is 0 Å². The summed E-state index contributed by atoms with van der Waals surface area (Å²) in [6.07, 6.45) is 11.9. The number of rotatable bonds is 4. The second-order valence-electron chi connectivity index (χ2n) is 22.3. The number of nitrogens with zero attached hydrogens (tertiary/aromatic N) is 1. The van der Waals surface area contributed by atoms with E-state index in [0.29, 0.717) is 11.8 Å². The Balaban J connectivity index is 1.23. The molecule has 4 bridgehead atoms. The van der Waals surface area contributed by atoms with Crippen molar-refractivity contribution in [1.29, 1.82) is 0 Å². The van der Waals surface area contributed by atoms with Crippen molar-refractivity contribution < 1.29 is 0 Å². The van der Waals surface area contributed by atoms with Gasteiger partial charge in [-0.3, -0.25) is 0 Å². The van der Waals surface area contributed by atoms with Crippen molar-refractivity contribution in [3.8, 4) is 22.3 Å². The molecule has 0 heterocycles. The van der Waals surface area contributed by atoms with Crippen LogP contribution in [0.25, 0.3) is 22.3 Å². The Labute approximate surface area is 343 Å². The molecule has 0 aromatic heterocycles. The predicted molar refractivity (Wildman–Crippen MR) is 240 cm³/mol. The molecule has 0 atom stereocenters. The molecule has 1 nitrogen and oxygen atoms in total. The smallest absolute Gasteiger partial charge is 0.0543 e. The third-order valence-electron chi connectivity index (χ3n) is 17.2. The van der Waals surface area contributed by atoms with Crippen molar-refractivity contribution in [2.45, 2.75) is 140 Å². The van der Waals surface area contributed by atoms with Gasteiger partial charge in [0.05, 0.1) is 5.69 Å². The van der Waals surface area contributed by atoms with Gasteiger partial charge in [0, 0.05) is 22.4 Å². The van der Waals surface area contributed by atoms with Gasteiger partial charge in [-0.05, 0) is 184 Å². The van der Waals surface area contributed by atoms with Crippen LogP contribution in [0.15, 0.2) is 103 Å². The van der Waals surface area contributed by atoms with Gasteiger partial charge >= 0.3 is 0 Å². The number of benzene rings is 5. The van der Waals surface area contributed by atoms with E-state index < -0.39 is 0 Å². The molecule has 1 spiro atoms. The van der Waals surface area contributed by atoms with Gasteiger partial charge in [0.1, 0.15) is 0 Å². The van der Waals surface area contributed by atoms with Crippen molar-refractivity contribution in [3.63, 3.8) is 0 Å². The topological polar surface area (TPSA) is 3.24 Å². The van der Waals surface area contributed by atoms with Gasteiger partial charge in [-0.1, -0.05) is 128 Å². The zero-order valence-electron chi connectivity index (χ0n) is 35.9. The van der Waals surface area contributed by atoms with Gasteiger partial charge in [0.2, 0.25) is 0 Å². The average Bonchev–Trinajstić information content (AvgIpc) is 3.50. The van der Waals surface area contributed by atoms with Crippen LogP contribution < -0.4 is 4.90 Å². The third-order valence-corrected chi connectivity index (χ3v) is 17.2. The molecular formula is C56H63N. The predicted octanol–water partition coefficient (Wildman–Crippen LogP) is 15.2. The molecule has 5 aromatic carbocycles. The van der Waals surface area contributed by atoms with Crippen LogP contribution in [-0.4, -0.2) is 0 Å². The third kappa shape index (κ3) is 5.05. The van der Waals surface area contributed by atoms with Crippen molar-refractivity contribution in [2.24, 2.45) is 23.7 Å². The molecule has 0 amide bonds. The molecule has 292 valence electrons. The molecule has 4 saturated carbocycles. The fourth-order valence-electron chi connectivity index (χ4n) is 14.2. The lowest BCUT2D eigenvalue weighted by Crippen LogP contribution is -2.55.